The highest BCUT2D eigenvalue weighted by Crippen LogP contribution is 2.30. The van der Waals surface area contributed by atoms with E-state index in [-0.39, 0.29) is 5.91 Å². The maximum atomic E-state index is 12.5. The van der Waals surface area contributed by atoms with Crippen molar-refractivity contribution in [3.8, 4) is 0 Å². The predicted octanol–water partition coefficient (Wildman–Crippen LogP) is 3.76. The molecule has 2 saturated heterocycles. The van der Waals surface area contributed by atoms with Crippen LogP contribution in [-0.4, -0.2) is 52.9 Å². The average molecular weight is 437 g/mol. The van der Waals surface area contributed by atoms with Crippen molar-refractivity contribution in [2.45, 2.75) is 38.1 Å². The number of thiazole rings is 1. The van der Waals surface area contributed by atoms with Gasteiger partial charge in [-0.05, 0) is 70.6 Å². The van der Waals surface area contributed by atoms with Crippen molar-refractivity contribution in [1.29, 1.82) is 0 Å². The highest BCUT2D eigenvalue weighted by molar-refractivity contribution is 9.11. The Balaban J connectivity index is 1.57. The fraction of sp³-hybridized carbons (Fsp3) is 0.714. The molecule has 2 aliphatic heterocycles. The minimum absolute atomic E-state index is 0.113. The molecule has 0 saturated carbocycles. The average Bonchev–Trinajstić information content (AvgIpc) is 2.86. The van der Waals surface area contributed by atoms with Crippen LogP contribution >= 0.6 is 43.2 Å². The number of piperidine rings is 2. The van der Waals surface area contributed by atoms with Crippen LogP contribution in [0.3, 0.4) is 0 Å². The Morgan fingerprint density at radius 1 is 1.10 bits per heavy atom. The van der Waals surface area contributed by atoms with E-state index in [2.05, 4.69) is 41.7 Å². The van der Waals surface area contributed by atoms with Gasteiger partial charge >= 0.3 is 0 Å². The number of hydrogen-bond acceptors (Lipinski definition) is 4. The first-order chi connectivity index (χ1) is 10.1. The molecule has 1 aromatic heterocycles. The summed E-state index contributed by atoms with van der Waals surface area (Å²) in [6, 6.07) is 0.672. The van der Waals surface area contributed by atoms with E-state index in [0.717, 1.165) is 29.8 Å². The number of likely N-dealkylation sites (tertiary alicyclic amines) is 2. The van der Waals surface area contributed by atoms with Crippen LogP contribution in [0.2, 0.25) is 0 Å². The number of halogens is 2. The van der Waals surface area contributed by atoms with Gasteiger partial charge in [0, 0.05) is 19.1 Å². The SMILES string of the molecule is O=C(c1sc(Br)nc1Br)N1CCC(N2CCCCC2)CC1. The summed E-state index contributed by atoms with van der Waals surface area (Å²) in [5.74, 6) is 0.113. The largest absolute Gasteiger partial charge is 0.338 e. The van der Waals surface area contributed by atoms with Gasteiger partial charge in [-0.25, -0.2) is 4.98 Å². The second-order valence-electron chi connectivity index (χ2n) is 5.71. The molecule has 0 spiro atoms. The molecule has 0 N–H and O–H groups in total. The van der Waals surface area contributed by atoms with Crippen molar-refractivity contribution in [3.05, 3.63) is 13.4 Å². The van der Waals surface area contributed by atoms with Gasteiger partial charge in [0.2, 0.25) is 0 Å². The van der Waals surface area contributed by atoms with Crippen molar-refractivity contribution in [1.82, 2.24) is 14.8 Å². The highest BCUT2D eigenvalue weighted by atomic mass is 79.9. The first-order valence-corrected chi connectivity index (χ1v) is 9.90. The van der Waals surface area contributed by atoms with E-state index >= 15 is 0 Å². The number of amides is 1. The molecule has 0 atom stereocenters. The molecular weight excluding hydrogens is 418 g/mol. The van der Waals surface area contributed by atoms with Crippen molar-refractivity contribution < 1.29 is 4.79 Å². The monoisotopic (exact) mass is 435 g/mol. The van der Waals surface area contributed by atoms with Crippen LogP contribution in [0.25, 0.3) is 0 Å². The third kappa shape index (κ3) is 3.68. The van der Waals surface area contributed by atoms with Crippen molar-refractivity contribution >= 4 is 49.1 Å². The fourth-order valence-electron chi connectivity index (χ4n) is 3.27. The minimum atomic E-state index is 0.113. The predicted molar refractivity (Wildman–Crippen MR) is 91.9 cm³/mol. The summed E-state index contributed by atoms with van der Waals surface area (Å²) in [6.45, 7) is 4.21. The number of carbonyl (C=O) groups is 1. The van der Waals surface area contributed by atoms with Crippen LogP contribution in [0.15, 0.2) is 8.52 Å². The summed E-state index contributed by atoms with van der Waals surface area (Å²) in [5, 5.41) is 0. The molecule has 0 unspecified atom stereocenters. The summed E-state index contributed by atoms with van der Waals surface area (Å²) in [7, 11) is 0. The molecule has 1 aromatic rings. The summed E-state index contributed by atoms with van der Waals surface area (Å²) in [6.07, 6.45) is 6.25. The van der Waals surface area contributed by atoms with E-state index in [1.807, 2.05) is 4.90 Å². The van der Waals surface area contributed by atoms with Crippen LogP contribution in [0.4, 0.5) is 0 Å². The van der Waals surface area contributed by atoms with Crippen molar-refractivity contribution in [3.63, 3.8) is 0 Å². The Morgan fingerprint density at radius 2 is 1.76 bits per heavy atom. The lowest BCUT2D eigenvalue weighted by molar-refractivity contribution is 0.0593. The van der Waals surface area contributed by atoms with Gasteiger partial charge in [-0.1, -0.05) is 6.42 Å². The van der Waals surface area contributed by atoms with E-state index in [1.54, 1.807) is 0 Å². The van der Waals surface area contributed by atoms with Crippen LogP contribution in [0, 0.1) is 0 Å². The first-order valence-electron chi connectivity index (χ1n) is 7.50. The van der Waals surface area contributed by atoms with Crippen molar-refractivity contribution in [2.24, 2.45) is 0 Å². The molecule has 7 heteroatoms. The molecule has 0 bridgehead atoms. The first kappa shape index (κ1) is 15.9. The maximum Gasteiger partial charge on any atom is 0.266 e. The van der Waals surface area contributed by atoms with Gasteiger partial charge in [0.05, 0.1) is 0 Å². The Labute approximate surface area is 146 Å². The molecule has 21 heavy (non-hydrogen) atoms. The molecule has 2 fully saturated rings. The van der Waals surface area contributed by atoms with Crippen LogP contribution in [0.5, 0.6) is 0 Å². The smallest absolute Gasteiger partial charge is 0.266 e. The zero-order valence-corrected chi connectivity index (χ0v) is 15.8. The van der Waals surface area contributed by atoms with Crippen LogP contribution < -0.4 is 0 Å². The van der Waals surface area contributed by atoms with Gasteiger partial charge in [0.15, 0.2) is 3.92 Å². The Hall–Kier alpha value is 0.0200. The van der Waals surface area contributed by atoms with E-state index in [9.17, 15) is 4.79 Å². The topological polar surface area (TPSA) is 36.4 Å². The van der Waals surface area contributed by atoms with Gasteiger partial charge in [-0.3, -0.25) is 4.79 Å². The summed E-state index contributed by atoms with van der Waals surface area (Å²) < 4.78 is 1.41. The Kier molecular flexibility index (Phi) is 5.35. The molecule has 3 rings (SSSR count). The zero-order chi connectivity index (χ0) is 14.8. The molecule has 0 aromatic carbocycles. The molecule has 3 heterocycles. The van der Waals surface area contributed by atoms with E-state index in [4.69, 9.17) is 0 Å². The fourth-order valence-corrected chi connectivity index (χ4v) is 5.53. The van der Waals surface area contributed by atoms with Crippen molar-refractivity contribution in [2.75, 3.05) is 26.2 Å². The molecule has 2 aliphatic rings. The number of nitrogens with zero attached hydrogens (tertiary/aromatic N) is 3. The van der Waals surface area contributed by atoms with Gasteiger partial charge in [-0.15, -0.1) is 11.3 Å². The maximum absolute atomic E-state index is 12.5. The number of carbonyl (C=O) groups excluding carboxylic acids is 1. The molecular formula is C14H19Br2N3OS. The lowest BCUT2D eigenvalue weighted by Crippen LogP contribution is -2.48. The molecule has 1 amide bonds. The molecule has 116 valence electrons. The second kappa shape index (κ2) is 7.06. The number of rotatable bonds is 2. The third-order valence-corrected chi connectivity index (χ3v) is 6.74. The summed E-state index contributed by atoms with van der Waals surface area (Å²) in [5.41, 5.74) is 0. The minimum Gasteiger partial charge on any atom is -0.338 e. The normalized spacial score (nSPS) is 21.7. The second-order valence-corrected chi connectivity index (χ2v) is 8.73. The van der Waals surface area contributed by atoms with E-state index in [0.29, 0.717) is 15.5 Å². The van der Waals surface area contributed by atoms with Gasteiger partial charge in [-0.2, -0.15) is 0 Å². The van der Waals surface area contributed by atoms with Crippen LogP contribution in [-0.2, 0) is 0 Å². The van der Waals surface area contributed by atoms with Crippen LogP contribution in [0.1, 0.15) is 41.8 Å². The van der Waals surface area contributed by atoms with Gasteiger partial charge < -0.3 is 9.80 Å². The number of aromatic nitrogens is 1. The van der Waals surface area contributed by atoms with Gasteiger partial charge in [0.1, 0.15) is 9.48 Å². The van der Waals surface area contributed by atoms with Gasteiger partial charge in [0.25, 0.3) is 5.91 Å². The van der Waals surface area contributed by atoms with E-state index < -0.39 is 0 Å². The third-order valence-electron chi connectivity index (χ3n) is 4.41. The lowest BCUT2D eigenvalue weighted by atomic mass is 10.00. The lowest BCUT2D eigenvalue weighted by Gasteiger charge is -2.40. The molecule has 0 aliphatic carbocycles. The molecule has 4 nitrogen and oxygen atoms in total. The Bertz CT molecular complexity index is 508. The Morgan fingerprint density at radius 3 is 2.33 bits per heavy atom. The quantitative estimate of drug-likeness (QED) is 0.708. The zero-order valence-electron chi connectivity index (χ0n) is 11.9. The molecule has 0 radical (unpaired) electrons. The summed E-state index contributed by atoms with van der Waals surface area (Å²) in [4.78, 5) is 22.1. The van der Waals surface area contributed by atoms with E-state index in [1.165, 1.54) is 43.7 Å². The highest BCUT2D eigenvalue weighted by Gasteiger charge is 2.29. The summed E-state index contributed by atoms with van der Waals surface area (Å²) >= 11 is 8.11. The standard InChI is InChI=1S/C14H19Br2N3OS/c15-12-11(21-14(16)17-12)13(20)19-8-4-10(5-9-19)18-6-2-1-3-7-18/h10H,1-9H2. The number of hydrogen-bond donors (Lipinski definition) is 0.